The molecule has 1 heterocycles. The molecule has 0 spiro atoms. The normalized spacial score (nSPS) is 21.0. The first-order chi connectivity index (χ1) is 6.70. The van der Waals surface area contributed by atoms with Crippen molar-refractivity contribution in [3.05, 3.63) is 34.9 Å². The van der Waals surface area contributed by atoms with Crippen molar-refractivity contribution in [2.24, 2.45) is 0 Å². The van der Waals surface area contributed by atoms with Gasteiger partial charge >= 0.3 is 0 Å². The van der Waals surface area contributed by atoms with Crippen LogP contribution in [-0.2, 0) is 6.42 Å². The van der Waals surface area contributed by atoms with E-state index in [1.165, 1.54) is 17.5 Å². The molecular weight excluding hydrogens is 170 g/mol. The second-order valence-electron chi connectivity index (χ2n) is 4.50. The molecule has 0 bridgehead atoms. The second kappa shape index (κ2) is 3.74. The molecule has 76 valence electrons. The molecule has 1 aliphatic heterocycles. The van der Waals surface area contributed by atoms with Gasteiger partial charge in [0.2, 0.25) is 0 Å². The predicted molar refractivity (Wildman–Crippen MR) is 60.7 cm³/mol. The van der Waals surface area contributed by atoms with Crippen LogP contribution in [0.2, 0.25) is 0 Å². The maximum absolute atomic E-state index is 3.50. The van der Waals surface area contributed by atoms with Gasteiger partial charge in [-0.2, -0.15) is 0 Å². The fraction of sp³-hybridized carbons (Fsp3) is 0.538. The number of hydrogen-bond acceptors (Lipinski definition) is 1. The Balaban J connectivity index is 2.49. The average Bonchev–Trinajstić information content (AvgIpc) is 2.17. The van der Waals surface area contributed by atoms with E-state index in [9.17, 15) is 0 Å². The minimum Gasteiger partial charge on any atom is -0.310 e. The Morgan fingerprint density at radius 3 is 2.86 bits per heavy atom. The van der Waals surface area contributed by atoms with E-state index >= 15 is 0 Å². The summed E-state index contributed by atoms with van der Waals surface area (Å²) < 4.78 is 0. The molecule has 1 atom stereocenters. The molecule has 1 aromatic carbocycles. The summed E-state index contributed by atoms with van der Waals surface area (Å²) in [5.74, 6) is 0.648. The first-order valence-electron chi connectivity index (χ1n) is 5.55. The van der Waals surface area contributed by atoms with Gasteiger partial charge in [0, 0.05) is 6.04 Å². The lowest BCUT2D eigenvalue weighted by Gasteiger charge is -2.27. The molecule has 0 aromatic heterocycles. The van der Waals surface area contributed by atoms with Crippen LogP contribution in [0, 0.1) is 0 Å². The zero-order valence-electron chi connectivity index (χ0n) is 9.30. The summed E-state index contributed by atoms with van der Waals surface area (Å²) in [5.41, 5.74) is 4.63. The molecular formula is C13H19N. The quantitative estimate of drug-likeness (QED) is 0.716. The Kier molecular flexibility index (Phi) is 2.60. The first kappa shape index (κ1) is 9.72. The summed E-state index contributed by atoms with van der Waals surface area (Å²) in [7, 11) is 0. The Morgan fingerprint density at radius 2 is 2.14 bits per heavy atom. The van der Waals surface area contributed by atoms with Crippen LogP contribution in [0.3, 0.4) is 0 Å². The van der Waals surface area contributed by atoms with Crippen LogP contribution in [0.1, 0.15) is 49.4 Å². The molecule has 14 heavy (non-hydrogen) atoms. The van der Waals surface area contributed by atoms with Gasteiger partial charge in [0.05, 0.1) is 0 Å². The van der Waals surface area contributed by atoms with Crippen LogP contribution in [0.15, 0.2) is 18.2 Å². The van der Waals surface area contributed by atoms with Crippen LogP contribution in [0.4, 0.5) is 0 Å². The first-order valence-corrected chi connectivity index (χ1v) is 5.55. The molecule has 1 nitrogen and oxygen atoms in total. The van der Waals surface area contributed by atoms with E-state index < -0.39 is 0 Å². The van der Waals surface area contributed by atoms with Crippen molar-refractivity contribution < 1.29 is 0 Å². The Morgan fingerprint density at radius 1 is 1.36 bits per heavy atom. The van der Waals surface area contributed by atoms with E-state index in [2.05, 4.69) is 44.3 Å². The summed E-state index contributed by atoms with van der Waals surface area (Å²) >= 11 is 0. The highest BCUT2D eigenvalue weighted by molar-refractivity contribution is 5.40. The van der Waals surface area contributed by atoms with Crippen molar-refractivity contribution in [2.45, 2.75) is 39.2 Å². The summed E-state index contributed by atoms with van der Waals surface area (Å²) in [6.07, 6.45) is 1.19. The van der Waals surface area contributed by atoms with E-state index in [-0.39, 0.29) is 0 Å². The van der Waals surface area contributed by atoms with Crippen LogP contribution < -0.4 is 5.32 Å². The SMILES string of the molecule is CC(C)c1cccc2c1CCNC2C. The van der Waals surface area contributed by atoms with Gasteiger partial charge in [0.1, 0.15) is 0 Å². The molecule has 0 saturated heterocycles. The maximum Gasteiger partial charge on any atom is 0.0294 e. The van der Waals surface area contributed by atoms with Crippen molar-refractivity contribution in [3.63, 3.8) is 0 Å². The molecule has 0 fully saturated rings. The summed E-state index contributed by atoms with van der Waals surface area (Å²) in [6.45, 7) is 7.94. The lowest BCUT2D eigenvalue weighted by molar-refractivity contribution is 0.536. The molecule has 0 saturated carbocycles. The zero-order chi connectivity index (χ0) is 10.1. The van der Waals surface area contributed by atoms with Crippen LogP contribution in [0.25, 0.3) is 0 Å². The number of rotatable bonds is 1. The highest BCUT2D eigenvalue weighted by Gasteiger charge is 2.18. The van der Waals surface area contributed by atoms with Gasteiger partial charge in [0.25, 0.3) is 0 Å². The van der Waals surface area contributed by atoms with Gasteiger partial charge in [0.15, 0.2) is 0 Å². The van der Waals surface area contributed by atoms with Gasteiger partial charge in [-0.15, -0.1) is 0 Å². The molecule has 1 aromatic rings. The molecule has 1 heteroatoms. The van der Waals surface area contributed by atoms with Gasteiger partial charge in [-0.05, 0) is 42.5 Å². The van der Waals surface area contributed by atoms with E-state index in [1.54, 1.807) is 5.56 Å². The van der Waals surface area contributed by atoms with Crippen LogP contribution in [0.5, 0.6) is 0 Å². The van der Waals surface area contributed by atoms with Crippen molar-refractivity contribution in [1.82, 2.24) is 5.32 Å². The molecule has 1 N–H and O–H groups in total. The molecule has 1 unspecified atom stereocenters. The number of fused-ring (bicyclic) bond motifs is 1. The lowest BCUT2D eigenvalue weighted by atomic mass is 9.87. The van der Waals surface area contributed by atoms with Gasteiger partial charge < -0.3 is 5.32 Å². The monoisotopic (exact) mass is 189 g/mol. The van der Waals surface area contributed by atoms with E-state index in [1.807, 2.05) is 0 Å². The van der Waals surface area contributed by atoms with Gasteiger partial charge in [-0.1, -0.05) is 32.0 Å². The molecule has 2 rings (SSSR count). The topological polar surface area (TPSA) is 12.0 Å². The number of nitrogens with one attached hydrogen (secondary N) is 1. The van der Waals surface area contributed by atoms with E-state index in [0.29, 0.717) is 12.0 Å². The molecule has 1 aliphatic rings. The van der Waals surface area contributed by atoms with Crippen molar-refractivity contribution in [1.29, 1.82) is 0 Å². The maximum atomic E-state index is 3.50. The highest BCUT2D eigenvalue weighted by Crippen LogP contribution is 2.29. The van der Waals surface area contributed by atoms with Gasteiger partial charge in [-0.25, -0.2) is 0 Å². The zero-order valence-corrected chi connectivity index (χ0v) is 9.30. The molecule has 0 radical (unpaired) electrons. The van der Waals surface area contributed by atoms with Gasteiger partial charge in [-0.3, -0.25) is 0 Å². The summed E-state index contributed by atoms with van der Waals surface area (Å²) in [6, 6.07) is 7.26. The summed E-state index contributed by atoms with van der Waals surface area (Å²) in [5, 5.41) is 3.50. The Labute approximate surface area is 86.5 Å². The lowest BCUT2D eigenvalue weighted by Crippen LogP contribution is -2.28. The van der Waals surface area contributed by atoms with Crippen LogP contribution in [-0.4, -0.2) is 6.54 Å². The molecule has 0 amide bonds. The Bertz CT molecular complexity index is 314. The van der Waals surface area contributed by atoms with Crippen molar-refractivity contribution in [2.75, 3.05) is 6.54 Å². The third-order valence-electron chi connectivity index (χ3n) is 3.16. The molecule has 0 aliphatic carbocycles. The minimum atomic E-state index is 0.525. The summed E-state index contributed by atoms with van der Waals surface area (Å²) in [4.78, 5) is 0. The number of benzene rings is 1. The fourth-order valence-corrected chi connectivity index (χ4v) is 2.38. The second-order valence-corrected chi connectivity index (χ2v) is 4.50. The van der Waals surface area contributed by atoms with E-state index in [4.69, 9.17) is 0 Å². The third-order valence-corrected chi connectivity index (χ3v) is 3.16. The van der Waals surface area contributed by atoms with E-state index in [0.717, 1.165) is 6.54 Å². The number of hydrogen-bond donors (Lipinski definition) is 1. The van der Waals surface area contributed by atoms with Crippen LogP contribution >= 0.6 is 0 Å². The fourth-order valence-electron chi connectivity index (χ4n) is 2.38. The van der Waals surface area contributed by atoms with Crippen molar-refractivity contribution >= 4 is 0 Å². The smallest absolute Gasteiger partial charge is 0.0294 e. The average molecular weight is 189 g/mol. The highest BCUT2D eigenvalue weighted by atomic mass is 14.9. The standard InChI is InChI=1S/C13H19N/c1-9(2)11-5-4-6-12-10(3)14-8-7-13(11)12/h4-6,9-10,14H,7-8H2,1-3H3. The Hall–Kier alpha value is -0.820. The predicted octanol–water partition coefficient (Wildman–Crippen LogP) is 3.02. The third kappa shape index (κ3) is 1.57. The minimum absolute atomic E-state index is 0.525. The van der Waals surface area contributed by atoms with Crippen molar-refractivity contribution in [3.8, 4) is 0 Å². The largest absolute Gasteiger partial charge is 0.310 e.